The van der Waals surface area contributed by atoms with Crippen LogP contribution in [0.15, 0.2) is 42.7 Å². The molecule has 0 aliphatic rings. The zero-order valence-electron chi connectivity index (χ0n) is 9.38. The maximum absolute atomic E-state index is 4.40. The van der Waals surface area contributed by atoms with E-state index in [-0.39, 0.29) is 0 Å². The summed E-state index contributed by atoms with van der Waals surface area (Å²) in [4.78, 5) is 0. The van der Waals surface area contributed by atoms with Crippen LogP contribution in [0.25, 0.3) is 22.2 Å². The predicted octanol–water partition coefficient (Wildman–Crippen LogP) is 2.58. The lowest BCUT2D eigenvalue weighted by Gasteiger charge is -1.99. The van der Waals surface area contributed by atoms with Crippen molar-refractivity contribution >= 4 is 10.9 Å². The third-order valence-electron chi connectivity index (χ3n) is 2.89. The van der Waals surface area contributed by atoms with E-state index in [1.54, 1.807) is 0 Å². The number of hydrogen-bond acceptors (Lipinski definition) is 1. The van der Waals surface area contributed by atoms with E-state index in [0.717, 1.165) is 5.69 Å². The van der Waals surface area contributed by atoms with Crippen molar-refractivity contribution in [2.45, 2.75) is 0 Å². The standard InChI is InChI=1S/C13H13N3/c1-15-7-5-11-9-10(3-4-13(11)15)12-6-8-16(2)14-12/h3-9H,1-2H3. The van der Waals surface area contributed by atoms with E-state index in [9.17, 15) is 0 Å². The molecule has 2 heterocycles. The summed E-state index contributed by atoms with van der Waals surface area (Å²) in [7, 11) is 3.99. The van der Waals surface area contributed by atoms with Crippen molar-refractivity contribution in [3.05, 3.63) is 42.7 Å². The summed E-state index contributed by atoms with van der Waals surface area (Å²) < 4.78 is 3.95. The van der Waals surface area contributed by atoms with Gasteiger partial charge in [-0.25, -0.2) is 0 Å². The molecular weight excluding hydrogens is 198 g/mol. The first-order valence-corrected chi connectivity index (χ1v) is 5.29. The molecule has 2 aromatic heterocycles. The van der Waals surface area contributed by atoms with Crippen molar-refractivity contribution in [3.63, 3.8) is 0 Å². The minimum Gasteiger partial charge on any atom is -0.351 e. The highest BCUT2D eigenvalue weighted by molar-refractivity contribution is 5.84. The molecule has 3 heteroatoms. The largest absolute Gasteiger partial charge is 0.351 e. The molecule has 0 atom stereocenters. The molecule has 0 saturated carbocycles. The SMILES string of the molecule is Cn1ccc(-c2ccc3c(ccn3C)c2)n1. The normalized spacial score (nSPS) is 11.1. The minimum atomic E-state index is 1.02. The van der Waals surface area contributed by atoms with Gasteiger partial charge in [0.2, 0.25) is 0 Å². The fourth-order valence-electron chi connectivity index (χ4n) is 2.01. The molecule has 0 aliphatic heterocycles. The summed E-state index contributed by atoms with van der Waals surface area (Å²) in [6, 6.07) is 10.6. The maximum Gasteiger partial charge on any atom is 0.0923 e. The smallest absolute Gasteiger partial charge is 0.0923 e. The van der Waals surface area contributed by atoms with Crippen molar-refractivity contribution in [2.24, 2.45) is 14.1 Å². The molecule has 0 saturated heterocycles. The fourth-order valence-corrected chi connectivity index (χ4v) is 2.01. The van der Waals surface area contributed by atoms with Crippen LogP contribution in [0, 0.1) is 0 Å². The second-order valence-corrected chi connectivity index (χ2v) is 4.07. The van der Waals surface area contributed by atoms with Crippen molar-refractivity contribution in [3.8, 4) is 11.3 Å². The van der Waals surface area contributed by atoms with Crippen LogP contribution in [-0.4, -0.2) is 14.3 Å². The molecule has 0 amide bonds. The lowest BCUT2D eigenvalue weighted by Crippen LogP contribution is -1.88. The van der Waals surface area contributed by atoms with Crippen LogP contribution >= 0.6 is 0 Å². The Kier molecular flexibility index (Phi) is 1.86. The highest BCUT2D eigenvalue weighted by Crippen LogP contribution is 2.23. The Morgan fingerprint density at radius 1 is 1.00 bits per heavy atom. The highest BCUT2D eigenvalue weighted by atomic mass is 15.2. The number of hydrogen-bond donors (Lipinski definition) is 0. The topological polar surface area (TPSA) is 22.8 Å². The van der Waals surface area contributed by atoms with Crippen LogP contribution in [0.2, 0.25) is 0 Å². The van der Waals surface area contributed by atoms with Gasteiger partial charge in [-0.3, -0.25) is 4.68 Å². The Hall–Kier alpha value is -2.03. The first-order valence-electron chi connectivity index (χ1n) is 5.29. The summed E-state index contributed by atoms with van der Waals surface area (Å²) in [5.41, 5.74) is 3.44. The molecule has 1 aromatic carbocycles. The molecule has 0 spiro atoms. The van der Waals surface area contributed by atoms with E-state index in [1.165, 1.54) is 16.5 Å². The van der Waals surface area contributed by atoms with Crippen molar-refractivity contribution < 1.29 is 0 Å². The summed E-state index contributed by atoms with van der Waals surface area (Å²) in [6.07, 6.45) is 4.04. The molecule has 3 aromatic rings. The molecule has 3 nitrogen and oxygen atoms in total. The fraction of sp³-hybridized carbons (Fsp3) is 0.154. The molecule has 80 valence electrons. The lowest BCUT2D eigenvalue weighted by atomic mass is 10.1. The van der Waals surface area contributed by atoms with E-state index < -0.39 is 0 Å². The predicted molar refractivity (Wildman–Crippen MR) is 65.1 cm³/mol. The van der Waals surface area contributed by atoms with Gasteiger partial charge in [0.05, 0.1) is 5.69 Å². The second kappa shape index (κ2) is 3.23. The van der Waals surface area contributed by atoms with Gasteiger partial charge in [-0.2, -0.15) is 5.10 Å². The number of aromatic nitrogens is 3. The molecule has 0 bridgehead atoms. The van der Waals surface area contributed by atoms with E-state index in [4.69, 9.17) is 0 Å². The third kappa shape index (κ3) is 1.33. The molecule has 0 N–H and O–H groups in total. The summed E-state index contributed by atoms with van der Waals surface area (Å²) in [6.45, 7) is 0. The van der Waals surface area contributed by atoms with Crippen LogP contribution in [-0.2, 0) is 14.1 Å². The van der Waals surface area contributed by atoms with Crippen molar-refractivity contribution in [1.29, 1.82) is 0 Å². The minimum absolute atomic E-state index is 1.02. The lowest BCUT2D eigenvalue weighted by molar-refractivity contribution is 0.771. The number of rotatable bonds is 1. The monoisotopic (exact) mass is 211 g/mol. The first kappa shape index (κ1) is 9.21. The Labute approximate surface area is 93.9 Å². The van der Waals surface area contributed by atoms with Gasteiger partial charge < -0.3 is 4.57 Å². The average Bonchev–Trinajstić information content (AvgIpc) is 2.86. The van der Waals surface area contributed by atoms with Gasteiger partial charge in [0.15, 0.2) is 0 Å². The zero-order valence-corrected chi connectivity index (χ0v) is 9.38. The quantitative estimate of drug-likeness (QED) is 0.606. The van der Waals surface area contributed by atoms with Gasteiger partial charge in [-0.1, -0.05) is 6.07 Å². The van der Waals surface area contributed by atoms with Crippen molar-refractivity contribution in [1.82, 2.24) is 14.3 Å². The summed E-state index contributed by atoms with van der Waals surface area (Å²) in [5, 5.41) is 5.66. The number of benzene rings is 1. The summed E-state index contributed by atoms with van der Waals surface area (Å²) >= 11 is 0. The number of aryl methyl sites for hydroxylation is 2. The highest BCUT2D eigenvalue weighted by Gasteiger charge is 2.03. The summed E-state index contributed by atoms with van der Waals surface area (Å²) in [5.74, 6) is 0. The zero-order chi connectivity index (χ0) is 11.1. The maximum atomic E-state index is 4.40. The number of fused-ring (bicyclic) bond motifs is 1. The number of nitrogens with zero attached hydrogens (tertiary/aromatic N) is 3. The van der Waals surface area contributed by atoms with E-state index in [0.29, 0.717) is 0 Å². The van der Waals surface area contributed by atoms with E-state index >= 15 is 0 Å². The Morgan fingerprint density at radius 2 is 1.88 bits per heavy atom. The van der Waals surface area contributed by atoms with Gasteiger partial charge in [0.25, 0.3) is 0 Å². The van der Waals surface area contributed by atoms with Crippen LogP contribution in [0.4, 0.5) is 0 Å². The molecule has 0 radical (unpaired) electrons. The van der Waals surface area contributed by atoms with Crippen LogP contribution in [0.5, 0.6) is 0 Å². The van der Waals surface area contributed by atoms with Gasteiger partial charge in [-0.15, -0.1) is 0 Å². The second-order valence-electron chi connectivity index (χ2n) is 4.07. The average molecular weight is 211 g/mol. The van der Waals surface area contributed by atoms with E-state index in [1.807, 2.05) is 24.0 Å². The molecule has 0 fully saturated rings. The van der Waals surface area contributed by atoms with Crippen LogP contribution in [0.1, 0.15) is 0 Å². The van der Waals surface area contributed by atoms with Gasteiger partial charge >= 0.3 is 0 Å². The molecule has 0 unspecified atom stereocenters. The van der Waals surface area contributed by atoms with Gasteiger partial charge in [0.1, 0.15) is 0 Å². The van der Waals surface area contributed by atoms with Gasteiger partial charge in [-0.05, 0) is 24.3 Å². The van der Waals surface area contributed by atoms with Crippen LogP contribution < -0.4 is 0 Å². The molecule has 0 aliphatic carbocycles. The first-order chi connectivity index (χ1) is 7.74. The Balaban J connectivity index is 2.18. The van der Waals surface area contributed by atoms with E-state index in [2.05, 4.69) is 47.2 Å². The Bertz CT molecular complexity index is 646. The molecule has 16 heavy (non-hydrogen) atoms. The van der Waals surface area contributed by atoms with Crippen molar-refractivity contribution in [2.75, 3.05) is 0 Å². The van der Waals surface area contributed by atoms with Gasteiger partial charge in [0, 0.05) is 43.0 Å². The third-order valence-corrected chi connectivity index (χ3v) is 2.89. The molecular formula is C13H13N3. The molecule has 3 rings (SSSR count). The Morgan fingerprint density at radius 3 is 2.62 bits per heavy atom. The van der Waals surface area contributed by atoms with Crippen LogP contribution in [0.3, 0.4) is 0 Å².